The van der Waals surface area contributed by atoms with E-state index < -0.39 is 0 Å². The van der Waals surface area contributed by atoms with Crippen LogP contribution in [-0.4, -0.2) is 67.5 Å². The Morgan fingerprint density at radius 2 is 1.60 bits per heavy atom. The summed E-state index contributed by atoms with van der Waals surface area (Å²) in [7, 11) is 4.23. The lowest BCUT2D eigenvalue weighted by atomic mass is 10.2. The minimum absolute atomic E-state index is 1.05. The molecule has 108 valence electrons. The highest BCUT2D eigenvalue weighted by molar-refractivity contribution is 7.99. The van der Waals surface area contributed by atoms with Crippen LogP contribution in [0.5, 0.6) is 0 Å². The summed E-state index contributed by atoms with van der Waals surface area (Å²) in [5, 5.41) is 0. The van der Waals surface area contributed by atoms with Crippen molar-refractivity contribution in [1.29, 1.82) is 0 Å². The van der Waals surface area contributed by atoms with Gasteiger partial charge in [-0.1, -0.05) is 12.1 Å². The Bertz CT molecular complexity index is 484. The van der Waals surface area contributed by atoms with Gasteiger partial charge in [-0.2, -0.15) is 11.8 Å². The number of aliphatic imine (C=N–C) groups is 1. The molecule has 0 N–H and O–H groups in total. The molecule has 2 heterocycles. The Hall–Kier alpha value is -1.36. The quantitative estimate of drug-likeness (QED) is 0.832. The van der Waals surface area contributed by atoms with Crippen molar-refractivity contribution in [2.75, 3.05) is 56.7 Å². The third kappa shape index (κ3) is 2.73. The molecular formula is C15H22N4S. The van der Waals surface area contributed by atoms with Crippen molar-refractivity contribution in [3.05, 3.63) is 24.3 Å². The molecule has 2 aliphatic rings. The van der Waals surface area contributed by atoms with Gasteiger partial charge in [0.1, 0.15) is 0 Å². The number of benzene rings is 1. The zero-order valence-electron chi connectivity index (χ0n) is 12.2. The number of rotatable bonds is 2. The van der Waals surface area contributed by atoms with Crippen LogP contribution in [0.15, 0.2) is 29.3 Å². The van der Waals surface area contributed by atoms with E-state index in [1.807, 2.05) is 11.8 Å². The Kier molecular flexibility index (Phi) is 4.05. The van der Waals surface area contributed by atoms with Crippen LogP contribution >= 0.6 is 11.8 Å². The summed E-state index contributed by atoms with van der Waals surface area (Å²) in [5.41, 5.74) is 2.36. The first-order valence-corrected chi connectivity index (χ1v) is 8.34. The van der Waals surface area contributed by atoms with Crippen LogP contribution in [-0.2, 0) is 0 Å². The van der Waals surface area contributed by atoms with E-state index in [0.717, 1.165) is 37.8 Å². The lowest BCUT2D eigenvalue weighted by Gasteiger charge is -2.29. The van der Waals surface area contributed by atoms with Crippen LogP contribution in [0.4, 0.5) is 11.4 Å². The first kappa shape index (κ1) is 13.6. The van der Waals surface area contributed by atoms with Crippen molar-refractivity contribution < 1.29 is 0 Å². The highest BCUT2D eigenvalue weighted by Gasteiger charge is 2.21. The molecule has 2 aliphatic heterocycles. The van der Waals surface area contributed by atoms with Gasteiger partial charge in [0.2, 0.25) is 5.96 Å². The van der Waals surface area contributed by atoms with Crippen molar-refractivity contribution in [3.8, 4) is 0 Å². The van der Waals surface area contributed by atoms with Gasteiger partial charge in [-0.15, -0.1) is 0 Å². The Morgan fingerprint density at radius 1 is 0.950 bits per heavy atom. The molecule has 0 bridgehead atoms. The van der Waals surface area contributed by atoms with Gasteiger partial charge in [-0.3, -0.25) is 0 Å². The molecule has 4 nitrogen and oxygen atoms in total. The van der Waals surface area contributed by atoms with Gasteiger partial charge in [-0.25, -0.2) is 4.99 Å². The standard InChI is InChI=1S/C15H22N4S/c1-17-7-8-18(2)15(17)16-13-5-3-4-6-14(13)19-9-11-20-12-10-19/h3-6H,7-12H2,1-2H3. The molecule has 0 aliphatic carbocycles. The average molecular weight is 290 g/mol. The zero-order valence-corrected chi connectivity index (χ0v) is 13.1. The van der Waals surface area contributed by atoms with Gasteiger partial charge in [0.15, 0.2) is 0 Å². The fourth-order valence-electron chi connectivity index (χ4n) is 2.70. The van der Waals surface area contributed by atoms with Crippen molar-refractivity contribution in [1.82, 2.24) is 9.80 Å². The molecule has 0 atom stereocenters. The van der Waals surface area contributed by atoms with E-state index in [2.05, 4.69) is 53.1 Å². The fraction of sp³-hybridized carbons (Fsp3) is 0.533. The van der Waals surface area contributed by atoms with Gasteiger partial charge in [0.25, 0.3) is 0 Å². The molecule has 1 aromatic carbocycles. The van der Waals surface area contributed by atoms with Gasteiger partial charge in [0.05, 0.1) is 11.4 Å². The summed E-state index contributed by atoms with van der Waals surface area (Å²) in [4.78, 5) is 11.8. The number of hydrogen-bond acceptors (Lipinski definition) is 3. The average Bonchev–Trinajstić information content (AvgIpc) is 2.81. The molecule has 0 amide bonds. The van der Waals surface area contributed by atoms with Crippen LogP contribution in [0.1, 0.15) is 0 Å². The largest absolute Gasteiger partial charge is 0.368 e. The van der Waals surface area contributed by atoms with E-state index in [0.29, 0.717) is 0 Å². The molecule has 1 aromatic rings. The Balaban J connectivity index is 1.91. The van der Waals surface area contributed by atoms with Crippen LogP contribution in [0.2, 0.25) is 0 Å². The molecule has 5 heteroatoms. The first-order chi connectivity index (χ1) is 9.75. The summed E-state index contributed by atoms with van der Waals surface area (Å²) in [5.74, 6) is 3.50. The lowest BCUT2D eigenvalue weighted by Crippen LogP contribution is -2.32. The zero-order chi connectivity index (χ0) is 13.9. The van der Waals surface area contributed by atoms with Gasteiger partial charge in [0, 0.05) is 51.8 Å². The van der Waals surface area contributed by atoms with E-state index in [9.17, 15) is 0 Å². The Labute approximate surface area is 125 Å². The lowest BCUT2D eigenvalue weighted by molar-refractivity contribution is 0.553. The second kappa shape index (κ2) is 5.95. The van der Waals surface area contributed by atoms with Crippen LogP contribution in [0, 0.1) is 0 Å². The number of hydrogen-bond donors (Lipinski definition) is 0. The normalized spacial score (nSPS) is 19.7. The first-order valence-electron chi connectivity index (χ1n) is 7.18. The highest BCUT2D eigenvalue weighted by atomic mass is 32.2. The van der Waals surface area contributed by atoms with Crippen LogP contribution < -0.4 is 4.90 Å². The minimum atomic E-state index is 1.05. The summed E-state index contributed by atoms with van der Waals surface area (Å²) >= 11 is 2.04. The summed E-state index contributed by atoms with van der Waals surface area (Å²) in [6.07, 6.45) is 0. The molecule has 20 heavy (non-hydrogen) atoms. The molecule has 3 rings (SSSR count). The topological polar surface area (TPSA) is 22.1 Å². The molecule has 0 saturated carbocycles. The van der Waals surface area contributed by atoms with E-state index in [1.54, 1.807) is 0 Å². The van der Waals surface area contributed by atoms with E-state index in [4.69, 9.17) is 4.99 Å². The molecule has 0 spiro atoms. The van der Waals surface area contributed by atoms with Crippen molar-refractivity contribution in [3.63, 3.8) is 0 Å². The number of nitrogens with zero attached hydrogens (tertiary/aromatic N) is 4. The monoisotopic (exact) mass is 290 g/mol. The van der Waals surface area contributed by atoms with Crippen molar-refractivity contribution in [2.24, 2.45) is 4.99 Å². The molecule has 2 fully saturated rings. The molecule has 0 unspecified atom stereocenters. The number of para-hydroxylation sites is 2. The number of anilines is 1. The van der Waals surface area contributed by atoms with Crippen molar-refractivity contribution in [2.45, 2.75) is 0 Å². The van der Waals surface area contributed by atoms with Crippen LogP contribution in [0.25, 0.3) is 0 Å². The predicted molar refractivity (Wildman–Crippen MR) is 88.3 cm³/mol. The van der Waals surface area contributed by atoms with E-state index >= 15 is 0 Å². The van der Waals surface area contributed by atoms with E-state index in [-0.39, 0.29) is 0 Å². The minimum Gasteiger partial charge on any atom is -0.368 e. The summed E-state index contributed by atoms with van der Waals surface area (Å²) < 4.78 is 0. The molecule has 2 saturated heterocycles. The third-order valence-electron chi connectivity index (χ3n) is 3.91. The third-order valence-corrected chi connectivity index (χ3v) is 4.85. The second-order valence-electron chi connectivity index (χ2n) is 5.34. The smallest absolute Gasteiger partial charge is 0.201 e. The fourth-order valence-corrected chi connectivity index (χ4v) is 3.60. The second-order valence-corrected chi connectivity index (χ2v) is 6.57. The SMILES string of the molecule is CN1CCN(C)C1=Nc1ccccc1N1CCSCC1. The molecular weight excluding hydrogens is 268 g/mol. The van der Waals surface area contributed by atoms with E-state index in [1.165, 1.54) is 17.2 Å². The maximum absolute atomic E-state index is 4.92. The number of guanidine groups is 1. The van der Waals surface area contributed by atoms with Gasteiger partial charge >= 0.3 is 0 Å². The highest BCUT2D eigenvalue weighted by Crippen LogP contribution is 2.31. The van der Waals surface area contributed by atoms with Gasteiger partial charge < -0.3 is 14.7 Å². The summed E-state index contributed by atoms with van der Waals surface area (Å²) in [6, 6.07) is 8.52. The number of thioether (sulfide) groups is 1. The summed E-state index contributed by atoms with van der Waals surface area (Å²) in [6.45, 7) is 4.35. The Morgan fingerprint density at radius 3 is 2.30 bits per heavy atom. The number of likely N-dealkylation sites (N-methyl/N-ethyl adjacent to an activating group) is 2. The van der Waals surface area contributed by atoms with Gasteiger partial charge in [-0.05, 0) is 12.1 Å². The maximum atomic E-state index is 4.92. The van der Waals surface area contributed by atoms with Crippen molar-refractivity contribution >= 4 is 29.1 Å². The maximum Gasteiger partial charge on any atom is 0.201 e. The van der Waals surface area contributed by atoms with Crippen LogP contribution in [0.3, 0.4) is 0 Å². The molecule has 0 radical (unpaired) electrons. The molecule has 0 aromatic heterocycles. The predicted octanol–water partition coefficient (Wildman–Crippen LogP) is 2.10.